The van der Waals surface area contributed by atoms with Crippen LogP contribution in [0.15, 0.2) is 18.2 Å². The lowest BCUT2D eigenvalue weighted by Crippen LogP contribution is -2.38. The van der Waals surface area contributed by atoms with Gasteiger partial charge < -0.3 is 9.64 Å². The predicted octanol–water partition coefficient (Wildman–Crippen LogP) is 4.20. The Labute approximate surface area is 111 Å². The first-order valence-corrected chi connectivity index (χ1v) is 6.84. The van der Waals surface area contributed by atoms with Gasteiger partial charge in [-0.25, -0.2) is 0 Å². The maximum atomic E-state index is 5.45. The molecule has 0 N–H and O–H groups in total. The van der Waals surface area contributed by atoms with Gasteiger partial charge in [0.15, 0.2) is 0 Å². The van der Waals surface area contributed by atoms with Crippen LogP contribution in [-0.2, 0) is 0 Å². The average molecular weight is 247 g/mol. The summed E-state index contributed by atoms with van der Waals surface area (Å²) in [4.78, 5) is 2.32. The highest BCUT2D eigenvalue weighted by Crippen LogP contribution is 2.40. The van der Waals surface area contributed by atoms with Crippen molar-refractivity contribution in [1.29, 1.82) is 0 Å². The van der Waals surface area contributed by atoms with Gasteiger partial charge in [-0.3, -0.25) is 0 Å². The standard InChI is InChI=1S/C16H25NO/c1-16(2,3)17(4)14-9-13(12-7-6-8-12)10-15(11-14)18-5/h9-12H,6-8H2,1-5H3. The van der Waals surface area contributed by atoms with E-state index in [-0.39, 0.29) is 5.54 Å². The predicted molar refractivity (Wildman–Crippen MR) is 77.7 cm³/mol. The molecule has 2 nitrogen and oxygen atoms in total. The lowest BCUT2D eigenvalue weighted by Gasteiger charge is -2.35. The molecular weight excluding hydrogens is 222 g/mol. The number of ether oxygens (including phenoxy) is 1. The van der Waals surface area contributed by atoms with Crippen LogP contribution >= 0.6 is 0 Å². The maximum Gasteiger partial charge on any atom is 0.121 e. The summed E-state index contributed by atoms with van der Waals surface area (Å²) in [6.45, 7) is 6.69. The van der Waals surface area contributed by atoms with Crippen LogP contribution in [0.3, 0.4) is 0 Å². The minimum absolute atomic E-state index is 0.128. The molecular formula is C16H25NO. The van der Waals surface area contributed by atoms with E-state index in [0.717, 1.165) is 11.7 Å². The molecule has 0 spiro atoms. The van der Waals surface area contributed by atoms with Crippen molar-refractivity contribution in [2.45, 2.75) is 51.5 Å². The molecule has 0 radical (unpaired) electrons. The summed E-state index contributed by atoms with van der Waals surface area (Å²) in [5, 5.41) is 0. The SMILES string of the molecule is COc1cc(C2CCC2)cc(N(C)C(C)(C)C)c1. The lowest BCUT2D eigenvalue weighted by molar-refractivity contribution is 0.402. The smallest absolute Gasteiger partial charge is 0.121 e. The topological polar surface area (TPSA) is 12.5 Å². The molecule has 0 atom stereocenters. The van der Waals surface area contributed by atoms with Crippen molar-refractivity contribution in [2.24, 2.45) is 0 Å². The second-order valence-electron chi connectivity index (χ2n) is 6.32. The van der Waals surface area contributed by atoms with E-state index in [1.807, 2.05) is 0 Å². The highest BCUT2D eigenvalue weighted by Gasteiger charge is 2.23. The number of anilines is 1. The average Bonchev–Trinajstić information content (AvgIpc) is 2.24. The Morgan fingerprint density at radius 3 is 2.28 bits per heavy atom. The van der Waals surface area contributed by atoms with Crippen LogP contribution in [-0.4, -0.2) is 19.7 Å². The molecule has 0 heterocycles. The fraction of sp³-hybridized carbons (Fsp3) is 0.625. The molecule has 1 aliphatic carbocycles. The Kier molecular flexibility index (Phi) is 3.56. The summed E-state index contributed by atoms with van der Waals surface area (Å²) in [5.41, 5.74) is 2.82. The summed E-state index contributed by atoms with van der Waals surface area (Å²) in [7, 11) is 3.90. The molecule has 1 aliphatic rings. The third-order valence-corrected chi connectivity index (χ3v) is 4.12. The van der Waals surface area contributed by atoms with Gasteiger partial charge in [-0.05, 0) is 57.2 Å². The van der Waals surface area contributed by atoms with E-state index >= 15 is 0 Å². The molecule has 0 unspecified atom stereocenters. The van der Waals surface area contributed by atoms with E-state index < -0.39 is 0 Å². The molecule has 1 aromatic carbocycles. The first kappa shape index (κ1) is 13.3. The first-order valence-electron chi connectivity index (χ1n) is 6.84. The van der Waals surface area contributed by atoms with Gasteiger partial charge in [0, 0.05) is 24.3 Å². The second-order valence-corrected chi connectivity index (χ2v) is 6.32. The largest absolute Gasteiger partial charge is 0.497 e. The van der Waals surface area contributed by atoms with Crippen molar-refractivity contribution in [3.05, 3.63) is 23.8 Å². The van der Waals surface area contributed by atoms with Crippen molar-refractivity contribution in [1.82, 2.24) is 0 Å². The highest BCUT2D eigenvalue weighted by molar-refractivity contribution is 5.55. The van der Waals surface area contributed by atoms with Gasteiger partial charge >= 0.3 is 0 Å². The molecule has 2 heteroatoms. The lowest BCUT2D eigenvalue weighted by atomic mass is 9.80. The van der Waals surface area contributed by atoms with Crippen LogP contribution in [0.4, 0.5) is 5.69 Å². The molecule has 0 amide bonds. The molecule has 0 bridgehead atoms. The summed E-state index contributed by atoms with van der Waals surface area (Å²) in [6, 6.07) is 6.66. The highest BCUT2D eigenvalue weighted by atomic mass is 16.5. The third kappa shape index (κ3) is 2.63. The number of methoxy groups -OCH3 is 1. The first-order chi connectivity index (χ1) is 8.41. The van der Waals surface area contributed by atoms with Gasteiger partial charge in [0.05, 0.1) is 7.11 Å². The minimum atomic E-state index is 0.128. The Bertz CT molecular complexity index is 416. The van der Waals surface area contributed by atoms with E-state index in [4.69, 9.17) is 4.74 Å². The maximum absolute atomic E-state index is 5.45. The molecule has 100 valence electrons. The number of hydrogen-bond donors (Lipinski definition) is 0. The van der Waals surface area contributed by atoms with Gasteiger partial charge in [0.1, 0.15) is 5.75 Å². The normalized spacial score (nSPS) is 16.3. The van der Waals surface area contributed by atoms with Crippen LogP contribution in [0.2, 0.25) is 0 Å². The van der Waals surface area contributed by atoms with E-state index in [0.29, 0.717) is 0 Å². The van der Waals surface area contributed by atoms with Crippen molar-refractivity contribution < 1.29 is 4.74 Å². The summed E-state index contributed by atoms with van der Waals surface area (Å²) in [5.74, 6) is 1.72. The molecule has 1 saturated carbocycles. The fourth-order valence-corrected chi connectivity index (χ4v) is 2.28. The molecule has 1 aromatic rings. The zero-order valence-electron chi connectivity index (χ0n) is 12.3. The van der Waals surface area contributed by atoms with E-state index in [1.165, 1.54) is 30.5 Å². The zero-order valence-corrected chi connectivity index (χ0v) is 12.3. The Morgan fingerprint density at radius 1 is 1.17 bits per heavy atom. The van der Waals surface area contributed by atoms with Crippen molar-refractivity contribution >= 4 is 5.69 Å². The Balaban J connectivity index is 2.34. The molecule has 1 fully saturated rings. The number of nitrogens with zero attached hydrogens (tertiary/aromatic N) is 1. The number of rotatable bonds is 3. The van der Waals surface area contributed by atoms with Gasteiger partial charge in [0.2, 0.25) is 0 Å². The van der Waals surface area contributed by atoms with Crippen LogP contribution < -0.4 is 9.64 Å². The van der Waals surface area contributed by atoms with Crippen LogP contribution in [0.1, 0.15) is 51.5 Å². The minimum Gasteiger partial charge on any atom is -0.497 e. The van der Waals surface area contributed by atoms with Crippen LogP contribution in [0.5, 0.6) is 5.75 Å². The molecule has 0 saturated heterocycles. The summed E-state index contributed by atoms with van der Waals surface area (Å²) >= 11 is 0. The molecule has 0 aromatic heterocycles. The van der Waals surface area contributed by atoms with Crippen LogP contribution in [0.25, 0.3) is 0 Å². The molecule has 0 aliphatic heterocycles. The van der Waals surface area contributed by atoms with Crippen molar-refractivity contribution in [3.8, 4) is 5.75 Å². The zero-order chi connectivity index (χ0) is 13.3. The van der Waals surface area contributed by atoms with Gasteiger partial charge in [-0.2, -0.15) is 0 Å². The number of hydrogen-bond acceptors (Lipinski definition) is 2. The summed E-state index contributed by atoms with van der Waals surface area (Å²) in [6.07, 6.45) is 4.02. The van der Waals surface area contributed by atoms with Crippen molar-refractivity contribution in [2.75, 3.05) is 19.1 Å². The second kappa shape index (κ2) is 4.83. The van der Waals surface area contributed by atoms with E-state index in [9.17, 15) is 0 Å². The monoisotopic (exact) mass is 247 g/mol. The van der Waals surface area contributed by atoms with E-state index in [2.05, 4.69) is 50.9 Å². The van der Waals surface area contributed by atoms with Gasteiger partial charge in [0.25, 0.3) is 0 Å². The van der Waals surface area contributed by atoms with Crippen LogP contribution in [0, 0.1) is 0 Å². The van der Waals surface area contributed by atoms with Crippen molar-refractivity contribution in [3.63, 3.8) is 0 Å². The van der Waals surface area contributed by atoms with E-state index in [1.54, 1.807) is 7.11 Å². The Morgan fingerprint density at radius 2 is 1.83 bits per heavy atom. The fourth-order valence-electron chi connectivity index (χ4n) is 2.28. The molecule has 18 heavy (non-hydrogen) atoms. The number of benzene rings is 1. The summed E-state index contributed by atoms with van der Waals surface area (Å²) < 4.78 is 5.45. The Hall–Kier alpha value is -1.18. The van der Waals surface area contributed by atoms with Gasteiger partial charge in [-0.1, -0.05) is 6.42 Å². The van der Waals surface area contributed by atoms with Gasteiger partial charge in [-0.15, -0.1) is 0 Å². The quantitative estimate of drug-likeness (QED) is 0.794. The molecule has 2 rings (SSSR count). The third-order valence-electron chi connectivity index (χ3n) is 4.12.